The van der Waals surface area contributed by atoms with Gasteiger partial charge in [0.1, 0.15) is 5.92 Å². The number of aliphatic carboxylic acids is 1. The Morgan fingerprint density at radius 1 is 1.29 bits per heavy atom. The van der Waals surface area contributed by atoms with Crippen LogP contribution in [0.15, 0.2) is 18.2 Å². The second-order valence-corrected chi connectivity index (χ2v) is 6.72. The van der Waals surface area contributed by atoms with Crippen LogP contribution in [0.25, 0.3) is 0 Å². The molecule has 1 atom stereocenters. The highest BCUT2D eigenvalue weighted by atomic mass is 32.1. The average molecular weight is 346 g/mol. The highest BCUT2D eigenvalue weighted by molar-refractivity contribution is 7.15. The smallest absolute Gasteiger partial charge is 0.312 e. The first-order valence-corrected chi connectivity index (χ1v) is 8.37. The summed E-state index contributed by atoms with van der Waals surface area (Å²) < 4.78 is 10.5. The van der Waals surface area contributed by atoms with Crippen molar-refractivity contribution in [2.75, 3.05) is 12.1 Å². The maximum Gasteiger partial charge on any atom is 0.312 e. The first kappa shape index (κ1) is 14.9. The Balaban J connectivity index is 1.55. The molecule has 124 valence electrons. The molecule has 4 rings (SSSR count). The van der Waals surface area contributed by atoms with Gasteiger partial charge in [0.15, 0.2) is 16.6 Å². The molecule has 0 saturated carbocycles. The van der Waals surface area contributed by atoms with Gasteiger partial charge in [0.2, 0.25) is 6.79 Å². The number of rotatable bonds is 3. The van der Waals surface area contributed by atoms with E-state index in [0.717, 1.165) is 17.7 Å². The summed E-state index contributed by atoms with van der Waals surface area (Å²) in [5, 5.41) is 12.5. The van der Waals surface area contributed by atoms with Crippen molar-refractivity contribution < 1.29 is 24.2 Å². The summed E-state index contributed by atoms with van der Waals surface area (Å²) in [6.45, 7) is 0.149. The predicted molar refractivity (Wildman–Crippen MR) is 85.9 cm³/mol. The summed E-state index contributed by atoms with van der Waals surface area (Å²) in [7, 11) is 0. The number of thiazole rings is 1. The second kappa shape index (κ2) is 5.79. The van der Waals surface area contributed by atoms with Crippen molar-refractivity contribution in [1.82, 2.24) is 4.98 Å². The minimum atomic E-state index is -0.866. The Hall–Kier alpha value is -2.61. The topological polar surface area (TPSA) is 97.8 Å². The quantitative estimate of drug-likeness (QED) is 0.887. The van der Waals surface area contributed by atoms with Gasteiger partial charge in [0.25, 0.3) is 5.91 Å². The van der Waals surface area contributed by atoms with E-state index < -0.39 is 11.9 Å². The molecule has 24 heavy (non-hydrogen) atoms. The van der Waals surface area contributed by atoms with Crippen LogP contribution in [-0.2, 0) is 11.2 Å². The number of aryl methyl sites for hydroxylation is 1. The van der Waals surface area contributed by atoms with E-state index in [4.69, 9.17) is 9.47 Å². The highest BCUT2D eigenvalue weighted by Crippen LogP contribution is 2.37. The summed E-state index contributed by atoms with van der Waals surface area (Å²) in [4.78, 5) is 29.0. The third-order valence-corrected chi connectivity index (χ3v) is 5.15. The van der Waals surface area contributed by atoms with Gasteiger partial charge in [-0.05, 0) is 37.5 Å². The summed E-state index contributed by atoms with van der Waals surface area (Å²) >= 11 is 1.34. The first-order chi connectivity index (χ1) is 11.6. The van der Waals surface area contributed by atoms with E-state index in [1.54, 1.807) is 18.2 Å². The molecule has 1 aromatic carbocycles. The second-order valence-electron chi connectivity index (χ2n) is 5.63. The molecule has 2 aliphatic rings. The lowest BCUT2D eigenvalue weighted by Gasteiger charge is -2.16. The number of nitrogens with one attached hydrogen (secondary N) is 1. The molecule has 7 nitrogen and oxygen atoms in total. The summed E-state index contributed by atoms with van der Waals surface area (Å²) in [5.74, 6) is -0.616. The van der Waals surface area contributed by atoms with Crippen LogP contribution < -0.4 is 14.8 Å². The molecule has 1 aromatic heterocycles. The van der Waals surface area contributed by atoms with Crippen LogP contribution in [0.4, 0.5) is 5.13 Å². The van der Waals surface area contributed by atoms with Crippen LogP contribution in [0, 0.1) is 0 Å². The van der Waals surface area contributed by atoms with Gasteiger partial charge >= 0.3 is 5.97 Å². The van der Waals surface area contributed by atoms with Crippen LogP contribution in [0.5, 0.6) is 11.5 Å². The number of carbonyl (C=O) groups excluding carboxylic acids is 1. The number of ether oxygens (including phenoxy) is 2. The van der Waals surface area contributed by atoms with E-state index in [2.05, 4.69) is 10.3 Å². The Kier molecular flexibility index (Phi) is 3.61. The number of amides is 1. The number of hydrogen-bond acceptors (Lipinski definition) is 6. The maximum atomic E-state index is 12.4. The molecule has 1 aliphatic carbocycles. The van der Waals surface area contributed by atoms with Gasteiger partial charge in [0, 0.05) is 10.4 Å². The van der Waals surface area contributed by atoms with Crippen molar-refractivity contribution in [1.29, 1.82) is 0 Å². The van der Waals surface area contributed by atoms with Crippen molar-refractivity contribution in [3.8, 4) is 11.5 Å². The van der Waals surface area contributed by atoms with Crippen molar-refractivity contribution >= 4 is 28.3 Å². The molecule has 0 saturated heterocycles. The van der Waals surface area contributed by atoms with Gasteiger partial charge in [-0.15, -0.1) is 11.3 Å². The van der Waals surface area contributed by atoms with Gasteiger partial charge in [-0.2, -0.15) is 0 Å². The fourth-order valence-corrected chi connectivity index (χ4v) is 3.98. The van der Waals surface area contributed by atoms with E-state index in [0.29, 0.717) is 34.3 Å². The van der Waals surface area contributed by atoms with E-state index >= 15 is 0 Å². The van der Waals surface area contributed by atoms with Crippen LogP contribution in [0.1, 0.15) is 39.7 Å². The molecule has 0 fully saturated rings. The zero-order valence-electron chi connectivity index (χ0n) is 12.6. The Labute approximate surface area is 141 Å². The van der Waals surface area contributed by atoms with Gasteiger partial charge in [-0.25, -0.2) is 4.98 Å². The van der Waals surface area contributed by atoms with Gasteiger partial charge in [-0.3, -0.25) is 14.9 Å². The molecule has 0 bridgehead atoms. The number of aromatic nitrogens is 1. The number of carbonyl (C=O) groups is 2. The highest BCUT2D eigenvalue weighted by Gasteiger charge is 2.30. The number of carboxylic acids is 1. The number of benzene rings is 1. The molecule has 1 aliphatic heterocycles. The largest absolute Gasteiger partial charge is 0.481 e. The van der Waals surface area contributed by atoms with Crippen molar-refractivity contribution in [2.45, 2.75) is 25.2 Å². The SMILES string of the molecule is O=C(Nc1nc2c(s1)CCC[C@@H]2C(=O)O)c1ccc2c(c1)OCO2. The monoisotopic (exact) mass is 346 g/mol. The number of nitrogens with zero attached hydrogens (tertiary/aromatic N) is 1. The van der Waals surface area contributed by atoms with E-state index in [1.165, 1.54) is 11.3 Å². The standard InChI is InChI=1S/C16H14N2O5S/c19-14(8-4-5-10-11(6-8)23-7-22-10)18-16-17-13-9(15(20)21)2-1-3-12(13)24-16/h4-6,9H,1-3,7H2,(H,20,21)(H,17,18,19)/t9-/m0/s1. The molecule has 0 radical (unpaired) electrons. The average Bonchev–Trinajstić information content (AvgIpc) is 3.19. The lowest BCUT2D eigenvalue weighted by Crippen LogP contribution is -2.17. The zero-order valence-corrected chi connectivity index (χ0v) is 13.4. The molecule has 8 heteroatoms. The lowest BCUT2D eigenvalue weighted by atomic mass is 9.91. The fraction of sp³-hybridized carbons (Fsp3) is 0.312. The summed E-state index contributed by atoms with van der Waals surface area (Å²) in [5.41, 5.74) is 1.02. The number of anilines is 1. The predicted octanol–water partition coefficient (Wildman–Crippen LogP) is 2.63. The van der Waals surface area contributed by atoms with Crippen LogP contribution in [-0.4, -0.2) is 28.8 Å². The molecule has 1 amide bonds. The molecule has 2 N–H and O–H groups in total. The lowest BCUT2D eigenvalue weighted by molar-refractivity contribution is -0.139. The molecule has 2 heterocycles. The Morgan fingerprint density at radius 3 is 2.96 bits per heavy atom. The first-order valence-electron chi connectivity index (χ1n) is 7.55. The van der Waals surface area contributed by atoms with Gasteiger partial charge in [-0.1, -0.05) is 0 Å². The van der Waals surface area contributed by atoms with Gasteiger partial charge < -0.3 is 14.6 Å². The van der Waals surface area contributed by atoms with Crippen LogP contribution in [0.3, 0.4) is 0 Å². The molecule has 0 unspecified atom stereocenters. The molecule has 2 aromatic rings. The third kappa shape index (κ3) is 2.58. The molecule has 0 spiro atoms. The third-order valence-electron chi connectivity index (χ3n) is 4.11. The molecular formula is C16H14N2O5S. The zero-order chi connectivity index (χ0) is 16.7. The minimum Gasteiger partial charge on any atom is -0.481 e. The van der Waals surface area contributed by atoms with Crippen molar-refractivity contribution in [2.24, 2.45) is 0 Å². The van der Waals surface area contributed by atoms with E-state index in [-0.39, 0.29) is 12.7 Å². The van der Waals surface area contributed by atoms with Gasteiger partial charge in [0.05, 0.1) is 5.69 Å². The Bertz CT molecular complexity index is 832. The van der Waals surface area contributed by atoms with Crippen molar-refractivity contribution in [3.63, 3.8) is 0 Å². The Morgan fingerprint density at radius 2 is 2.12 bits per heavy atom. The summed E-state index contributed by atoms with van der Waals surface area (Å²) in [6.07, 6.45) is 2.21. The van der Waals surface area contributed by atoms with Crippen LogP contribution in [0.2, 0.25) is 0 Å². The fourth-order valence-electron chi connectivity index (χ4n) is 2.92. The van der Waals surface area contributed by atoms with Crippen molar-refractivity contribution in [3.05, 3.63) is 34.3 Å². The van der Waals surface area contributed by atoms with E-state index in [9.17, 15) is 14.7 Å². The van der Waals surface area contributed by atoms with Crippen LogP contribution >= 0.6 is 11.3 Å². The number of hydrogen-bond donors (Lipinski definition) is 2. The number of fused-ring (bicyclic) bond motifs is 2. The van der Waals surface area contributed by atoms with E-state index in [1.807, 2.05) is 0 Å². The number of carboxylic acid groups (broad SMARTS) is 1. The minimum absolute atomic E-state index is 0.149. The summed E-state index contributed by atoms with van der Waals surface area (Å²) in [6, 6.07) is 4.95. The maximum absolute atomic E-state index is 12.4. The normalized spacial score (nSPS) is 18.1. The molecular weight excluding hydrogens is 332 g/mol.